The second-order valence-electron chi connectivity index (χ2n) is 8.87. The van der Waals surface area contributed by atoms with Gasteiger partial charge in [-0.2, -0.15) is 4.98 Å². The zero-order chi connectivity index (χ0) is 25.9. The van der Waals surface area contributed by atoms with Crippen LogP contribution in [0.1, 0.15) is 27.2 Å². The van der Waals surface area contributed by atoms with E-state index in [0.717, 1.165) is 5.69 Å². The van der Waals surface area contributed by atoms with Crippen molar-refractivity contribution in [3.8, 4) is 17.4 Å². The molecule has 5 rings (SSSR count). The number of carbonyl (C=O) groups is 1. The number of hydrogen-bond acceptors (Lipinski definition) is 9. The molecule has 0 aliphatic carbocycles. The number of ether oxygens (including phenoxy) is 3. The van der Waals surface area contributed by atoms with Gasteiger partial charge in [-0.3, -0.25) is 14.9 Å². The van der Waals surface area contributed by atoms with Crippen LogP contribution in [0, 0.1) is 17.0 Å². The van der Waals surface area contributed by atoms with Crippen molar-refractivity contribution in [2.75, 3.05) is 44.9 Å². The molecule has 37 heavy (non-hydrogen) atoms. The average molecular weight is 506 g/mol. The molecule has 11 heteroatoms. The largest absolute Gasteiger partial charge is 0.497 e. The molecular weight excluding hydrogens is 478 g/mol. The van der Waals surface area contributed by atoms with Crippen LogP contribution in [0.3, 0.4) is 0 Å². The fourth-order valence-corrected chi connectivity index (χ4v) is 4.43. The lowest BCUT2D eigenvalue weighted by molar-refractivity contribution is -0.385. The van der Waals surface area contributed by atoms with Crippen LogP contribution in [0.2, 0.25) is 0 Å². The SMILES string of the molecule is COc1cccc(Oc2nc(N3CCOCC3)nc3c2CN(C(=O)c2ccc(C)c([N+](=O)[O-])c2)CC3)c1. The predicted octanol–water partition coefficient (Wildman–Crippen LogP) is 3.53. The van der Waals surface area contributed by atoms with E-state index in [0.29, 0.717) is 73.7 Å². The zero-order valence-electron chi connectivity index (χ0n) is 20.7. The van der Waals surface area contributed by atoms with Gasteiger partial charge in [-0.25, -0.2) is 4.98 Å². The highest BCUT2D eigenvalue weighted by Gasteiger charge is 2.29. The number of nitro groups is 1. The van der Waals surface area contributed by atoms with Crippen LogP contribution in [0.5, 0.6) is 17.4 Å². The van der Waals surface area contributed by atoms with Crippen LogP contribution in [-0.2, 0) is 17.7 Å². The lowest BCUT2D eigenvalue weighted by Gasteiger charge is -2.32. The number of benzene rings is 2. The number of rotatable bonds is 6. The summed E-state index contributed by atoms with van der Waals surface area (Å²) < 4.78 is 17.0. The first-order chi connectivity index (χ1) is 17.9. The Balaban J connectivity index is 1.48. The van der Waals surface area contributed by atoms with Gasteiger partial charge in [0.1, 0.15) is 11.5 Å². The van der Waals surface area contributed by atoms with Crippen molar-refractivity contribution in [1.82, 2.24) is 14.9 Å². The highest BCUT2D eigenvalue weighted by molar-refractivity contribution is 5.95. The van der Waals surface area contributed by atoms with Crippen LogP contribution in [0.25, 0.3) is 0 Å². The molecule has 1 aromatic heterocycles. The van der Waals surface area contributed by atoms with Crippen molar-refractivity contribution >= 4 is 17.5 Å². The number of hydrogen-bond donors (Lipinski definition) is 0. The Kier molecular flexibility index (Phi) is 6.87. The fraction of sp³-hybridized carbons (Fsp3) is 0.346. The first kappa shape index (κ1) is 24.4. The molecule has 3 heterocycles. The summed E-state index contributed by atoms with van der Waals surface area (Å²) in [5, 5.41) is 11.4. The lowest BCUT2D eigenvalue weighted by Crippen LogP contribution is -2.39. The number of morpholine rings is 1. The Labute approximate surface area is 213 Å². The molecule has 0 saturated carbocycles. The summed E-state index contributed by atoms with van der Waals surface area (Å²) in [5.41, 5.74) is 2.21. The van der Waals surface area contributed by atoms with Gasteiger partial charge in [0.25, 0.3) is 11.6 Å². The number of carbonyl (C=O) groups excluding carboxylic acids is 1. The van der Waals surface area contributed by atoms with Crippen LogP contribution in [0.15, 0.2) is 42.5 Å². The van der Waals surface area contributed by atoms with Gasteiger partial charge >= 0.3 is 0 Å². The molecule has 192 valence electrons. The molecule has 0 spiro atoms. The number of aromatic nitrogens is 2. The summed E-state index contributed by atoms with van der Waals surface area (Å²) in [6.07, 6.45) is 0.503. The van der Waals surface area contributed by atoms with Crippen molar-refractivity contribution in [3.05, 3.63) is 75.0 Å². The highest BCUT2D eigenvalue weighted by Crippen LogP contribution is 2.33. The summed E-state index contributed by atoms with van der Waals surface area (Å²) in [5.74, 6) is 1.83. The van der Waals surface area contributed by atoms with Crippen molar-refractivity contribution < 1.29 is 23.9 Å². The quantitative estimate of drug-likeness (QED) is 0.366. The number of anilines is 1. The van der Waals surface area contributed by atoms with E-state index in [4.69, 9.17) is 24.2 Å². The van der Waals surface area contributed by atoms with Crippen molar-refractivity contribution in [2.24, 2.45) is 0 Å². The maximum atomic E-state index is 13.3. The number of fused-ring (bicyclic) bond motifs is 1. The number of amides is 1. The second kappa shape index (κ2) is 10.4. The molecule has 0 unspecified atom stereocenters. The minimum absolute atomic E-state index is 0.0798. The average Bonchev–Trinajstić information content (AvgIpc) is 2.93. The summed E-state index contributed by atoms with van der Waals surface area (Å²) in [6, 6.07) is 11.8. The van der Waals surface area contributed by atoms with Crippen molar-refractivity contribution in [1.29, 1.82) is 0 Å². The maximum absolute atomic E-state index is 13.3. The van der Waals surface area contributed by atoms with Crippen molar-refractivity contribution in [2.45, 2.75) is 19.9 Å². The topological polar surface area (TPSA) is 120 Å². The van der Waals surface area contributed by atoms with Crippen LogP contribution in [0.4, 0.5) is 11.6 Å². The number of nitro benzene ring substituents is 1. The second-order valence-corrected chi connectivity index (χ2v) is 8.87. The molecule has 2 aliphatic heterocycles. The first-order valence-corrected chi connectivity index (χ1v) is 12.0. The summed E-state index contributed by atoms with van der Waals surface area (Å²) in [4.78, 5) is 37.5. The minimum Gasteiger partial charge on any atom is -0.497 e. The molecule has 3 aromatic rings. The molecule has 1 fully saturated rings. The monoisotopic (exact) mass is 505 g/mol. The molecule has 1 saturated heterocycles. The third-order valence-corrected chi connectivity index (χ3v) is 6.50. The minimum atomic E-state index is -0.474. The molecule has 0 atom stereocenters. The van der Waals surface area contributed by atoms with E-state index < -0.39 is 4.92 Å². The molecule has 2 aromatic carbocycles. The van der Waals surface area contributed by atoms with E-state index in [2.05, 4.69) is 4.90 Å². The number of nitrogens with zero attached hydrogens (tertiary/aromatic N) is 5. The Morgan fingerprint density at radius 3 is 2.62 bits per heavy atom. The molecule has 0 N–H and O–H groups in total. The third kappa shape index (κ3) is 5.17. The normalized spacial score (nSPS) is 15.2. The van der Waals surface area contributed by atoms with Gasteiger partial charge < -0.3 is 24.0 Å². The van der Waals surface area contributed by atoms with E-state index in [1.165, 1.54) is 6.07 Å². The Morgan fingerprint density at radius 2 is 1.86 bits per heavy atom. The molecule has 1 amide bonds. The van der Waals surface area contributed by atoms with Crippen LogP contribution < -0.4 is 14.4 Å². The molecular formula is C26H27N5O6. The Hall–Kier alpha value is -4.25. The summed E-state index contributed by atoms with van der Waals surface area (Å²) in [7, 11) is 1.58. The van der Waals surface area contributed by atoms with Crippen molar-refractivity contribution in [3.63, 3.8) is 0 Å². The van der Waals surface area contributed by atoms with Crippen LogP contribution in [-0.4, -0.2) is 65.7 Å². The Bertz CT molecular complexity index is 1340. The number of aryl methyl sites for hydroxylation is 1. The predicted molar refractivity (Wildman–Crippen MR) is 134 cm³/mol. The van der Waals surface area contributed by atoms with Gasteiger partial charge in [0, 0.05) is 49.3 Å². The molecule has 2 aliphatic rings. The number of methoxy groups -OCH3 is 1. The molecule has 11 nitrogen and oxygen atoms in total. The Morgan fingerprint density at radius 1 is 1.08 bits per heavy atom. The van der Waals surface area contributed by atoms with Gasteiger partial charge in [-0.1, -0.05) is 12.1 Å². The van der Waals surface area contributed by atoms with E-state index in [9.17, 15) is 14.9 Å². The van der Waals surface area contributed by atoms with E-state index in [1.54, 1.807) is 37.1 Å². The molecule has 0 radical (unpaired) electrons. The summed E-state index contributed by atoms with van der Waals surface area (Å²) >= 11 is 0. The van der Waals surface area contributed by atoms with Gasteiger partial charge in [0.05, 0.1) is 43.0 Å². The van der Waals surface area contributed by atoms with Gasteiger partial charge in [-0.05, 0) is 25.1 Å². The first-order valence-electron chi connectivity index (χ1n) is 12.0. The van der Waals surface area contributed by atoms with E-state index in [-0.39, 0.29) is 23.7 Å². The lowest BCUT2D eigenvalue weighted by atomic mass is 10.0. The van der Waals surface area contributed by atoms with E-state index in [1.807, 2.05) is 18.2 Å². The van der Waals surface area contributed by atoms with Crippen LogP contribution >= 0.6 is 0 Å². The highest BCUT2D eigenvalue weighted by atomic mass is 16.6. The zero-order valence-corrected chi connectivity index (χ0v) is 20.7. The molecule has 0 bridgehead atoms. The van der Waals surface area contributed by atoms with Gasteiger partial charge in [-0.15, -0.1) is 0 Å². The maximum Gasteiger partial charge on any atom is 0.273 e. The van der Waals surface area contributed by atoms with Gasteiger partial charge in [0.2, 0.25) is 11.8 Å². The standard InChI is InChI=1S/C26H27N5O6/c1-17-6-7-18(14-23(17)31(33)34)25(32)30-9-8-22-21(16-30)24(37-20-5-3-4-19(15-20)35-2)28-26(27-22)29-10-12-36-13-11-29/h3-7,14-15H,8-13,16H2,1-2H3. The smallest absolute Gasteiger partial charge is 0.273 e. The third-order valence-electron chi connectivity index (χ3n) is 6.50. The summed E-state index contributed by atoms with van der Waals surface area (Å²) in [6.45, 7) is 4.83. The van der Waals surface area contributed by atoms with Gasteiger partial charge in [0.15, 0.2) is 0 Å². The van der Waals surface area contributed by atoms with E-state index >= 15 is 0 Å². The fourth-order valence-electron chi connectivity index (χ4n) is 4.43.